The smallest absolute Gasteiger partial charge is 0.342 e. The summed E-state index contributed by atoms with van der Waals surface area (Å²) in [5, 5.41) is 0.0462. The van der Waals surface area contributed by atoms with Crippen LogP contribution in [0.25, 0.3) is 11.1 Å². The van der Waals surface area contributed by atoms with E-state index in [-0.39, 0.29) is 53.6 Å². The lowest BCUT2D eigenvalue weighted by Gasteiger charge is -2.34. The van der Waals surface area contributed by atoms with Crippen molar-refractivity contribution < 1.29 is 18.7 Å². The Labute approximate surface area is 164 Å². The molecule has 1 amide bonds. The number of ether oxygens (including phenoxy) is 1. The highest BCUT2D eigenvalue weighted by Gasteiger charge is 2.27. The largest absolute Gasteiger partial charge is 0.462 e. The number of fused-ring (bicyclic) bond motifs is 1. The maximum absolute atomic E-state index is 13.0. The molecule has 2 aromatic rings. The number of hydrogen-bond acceptors (Lipinski definition) is 6. The van der Waals surface area contributed by atoms with Crippen LogP contribution in [0.3, 0.4) is 0 Å². The second kappa shape index (κ2) is 9.03. The molecule has 154 valence electrons. The lowest BCUT2D eigenvalue weighted by molar-refractivity contribution is -0.136. The van der Waals surface area contributed by atoms with Crippen molar-refractivity contribution in [3.8, 4) is 0 Å². The van der Waals surface area contributed by atoms with Gasteiger partial charge in [-0.3, -0.25) is 14.2 Å². The molecule has 8 heteroatoms. The van der Waals surface area contributed by atoms with Crippen molar-refractivity contribution in [2.45, 2.75) is 73.0 Å². The summed E-state index contributed by atoms with van der Waals surface area (Å²) >= 11 is 0. The van der Waals surface area contributed by atoms with E-state index in [1.54, 1.807) is 13.8 Å². The van der Waals surface area contributed by atoms with E-state index in [0.29, 0.717) is 0 Å². The van der Waals surface area contributed by atoms with Crippen LogP contribution in [-0.4, -0.2) is 45.0 Å². The van der Waals surface area contributed by atoms with Gasteiger partial charge in [-0.25, -0.2) is 9.78 Å². The van der Waals surface area contributed by atoms with Crippen molar-refractivity contribution in [2.75, 3.05) is 6.61 Å². The van der Waals surface area contributed by atoms with E-state index in [1.165, 1.54) is 10.9 Å². The monoisotopic (exact) mass is 391 g/mol. The number of amides is 1. The van der Waals surface area contributed by atoms with Gasteiger partial charge in [0.2, 0.25) is 11.6 Å². The van der Waals surface area contributed by atoms with Gasteiger partial charge in [0.15, 0.2) is 0 Å². The van der Waals surface area contributed by atoms with Gasteiger partial charge in [-0.1, -0.05) is 13.8 Å². The van der Waals surface area contributed by atoms with Crippen molar-refractivity contribution in [1.82, 2.24) is 14.5 Å². The van der Waals surface area contributed by atoms with Crippen LogP contribution < -0.4 is 5.56 Å². The van der Waals surface area contributed by atoms with Crippen molar-refractivity contribution in [1.29, 1.82) is 0 Å². The Morgan fingerprint density at radius 2 is 1.82 bits per heavy atom. The zero-order valence-electron chi connectivity index (χ0n) is 17.4. The molecule has 0 N–H and O–H groups in total. The second-order valence-electron chi connectivity index (χ2n) is 6.93. The number of nitrogens with zero attached hydrogens (tertiary/aromatic N) is 3. The molecule has 0 spiro atoms. The molecule has 0 aliphatic heterocycles. The molecule has 2 heterocycles. The predicted molar refractivity (Wildman–Crippen MR) is 105 cm³/mol. The molecule has 0 aliphatic rings. The minimum absolute atomic E-state index is 0.0462. The van der Waals surface area contributed by atoms with Crippen molar-refractivity contribution in [3.05, 3.63) is 28.0 Å². The lowest BCUT2D eigenvalue weighted by Crippen LogP contribution is -2.46. The van der Waals surface area contributed by atoms with E-state index in [4.69, 9.17) is 9.15 Å². The number of esters is 1. The van der Waals surface area contributed by atoms with Crippen LogP contribution in [0.2, 0.25) is 0 Å². The first-order chi connectivity index (χ1) is 13.3. The van der Waals surface area contributed by atoms with Gasteiger partial charge in [0, 0.05) is 12.1 Å². The topological polar surface area (TPSA) is 94.6 Å². The number of rotatable bonds is 8. The standard InChI is InChI=1S/C20H29N3O5/c1-7-12(4)23(13(5)8-2)15(24)10-22-11-21-18-17(19(22)25)16(14(6)28-18)20(26)27-9-3/h11-13H,7-10H2,1-6H3/t12-,13+. The van der Waals surface area contributed by atoms with E-state index in [0.717, 1.165) is 12.8 Å². The Balaban J connectivity index is 2.46. The van der Waals surface area contributed by atoms with Crippen LogP contribution in [0.15, 0.2) is 15.5 Å². The van der Waals surface area contributed by atoms with Gasteiger partial charge < -0.3 is 14.1 Å². The molecule has 0 saturated heterocycles. The summed E-state index contributed by atoms with van der Waals surface area (Å²) in [7, 11) is 0. The number of hydrogen-bond donors (Lipinski definition) is 0. The van der Waals surface area contributed by atoms with Gasteiger partial charge in [-0.2, -0.15) is 0 Å². The minimum atomic E-state index is -0.637. The first-order valence-electron chi connectivity index (χ1n) is 9.73. The summed E-state index contributed by atoms with van der Waals surface area (Å²) in [5.41, 5.74) is -0.363. The number of aryl methyl sites for hydroxylation is 1. The lowest BCUT2D eigenvalue weighted by atomic mass is 10.1. The summed E-state index contributed by atoms with van der Waals surface area (Å²) < 4.78 is 11.7. The first kappa shape index (κ1) is 21.7. The summed E-state index contributed by atoms with van der Waals surface area (Å²) in [6.45, 7) is 11.3. The highest BCUT2D eigenvalue weighted by molar-refractivity contribution is 6.03. The molecule has 0 aliphatic carbocycles. The van der Waals surface area contributed by atoms with Gasteiger partial charge in [-0.15, -0.1) is 0 Å². The average Bonchev–Trinajstić information content (AvgIpc) is 3.00. The van der Waals surface area contributed by atoms with Crippen molar-refractivity contribution in [2.24, 2.45) is 0 Å². The van der Waals surface area contributed by atoms with Crippen LogP contribution in [0.1, 0.15) is 63.6 Å². The number of furan rings is 1. The van der Waals surface area contributed by atoms with Crippen LogP contribution >= 0.6 is 0 Å². The van der Waals surface area contributed by atoms with Gasteiger partial charge in [0.1, 0.15) is 29.6 Å². The van der Waals surface area contributed by atoms with Crippen molar-refractivity contribution in [3.63, 3.8) is 0 Å². The third kappa shape index (κ3) is 4.10. The maximum Gasteiger partial charge on any atom is 0.342 e. The molecule has 0 fully saturated rings. The Morgan fingerprint density at radius 3 is 2.36 bits per heavy atom. The normalized spacial score (nSPS) is 13.4. The number of aromatic nitrogens is 2. The van der Waals surface area contributed by atoms with Crippen LogP contribution in [0, 0.1) is 6.92 Å². The molecule has 8 nitrogen and oxygen atoms in total. The minimum Gasteiger partial charge on any atom is -0.462 e. The molecule has 0 radical (unpaired) electrons. The van der Waals surface area contributed by atoms with E-state index >= 15 is 0 Å². The number of carbonyl (C=O) groups is 2. The highest BCUT2D eigenvalue weighted by Crippen LogP contribution is 2.22. The summed E-state index contributed by atoms with van der Waals surface area (Å²) in [6.07, 6.45) is 2.91. The molecule has 2 rings (SSSR count). The third-order valence-electron chi connectivity index (χ3n) is 5.06. The van der Waals surface area contributed by atoms with E-state index in [9.17, 15) is 14.4 Å². The van der Waals surface area contributed by atoms with E-state index in [2.05, 4.69) is 4.98 Å². The molecule has 0 aromatic carbocycles. The van der Waals surface area contributed by atoms with E-state index in [1.807, 2.05) is 32.6 Å². The van der Waals surface area contributed by atoms with Crippen LogP contribution in [0.4, 0.5) is 0 Å². The molecule has 28 heavy (non-hydrogen) atoms. The first-order valence-corrected chi connectivity index (χ1v) is 9.73. The molecule has 0 unspecified atom stereocenters. The Bertz CT molecular complexity index is 904. The maximum atomic E-state index is 13.0. The van der Waals surface area contributed by atoms with Gasteiger partial charge in [0.05, 0.1) is 6.61 Å². The summed E-state index contributed by atoms with van der Waals surface area (Å²) in [5.74, 6) is -0.532. The summed E-state index contributed by atoms with van der Waals surface area (Å²) in [4.78, 5) is 44.1. The van der Waals surface area contributed by atoms with Crippen molar-refractivity contribution >= 4 is 23.0 Å². The Hall–Kier alpha value is -2.64. The zero-order chi connectivity index (χ0) is 21.0. The number of carbonyl (C=O) groups excluding carboxylic acids is 2. The molecule has 0 bridgehead atoms. The SMILES string of the molecule is CCOC(=O)c1c(C)oc2ncn(CC(=O)N([C@H](C)CC)[C@@H](C)CC)c(=O)c12. The molecule has 0 saturated carbocycles. The third-order valence-corrected chi connectivity index (χ3v) is 5.06. The van der Waals surface area contributed by atoms with Gasteiger partial charge in [-0.05, 0) is 40.5 Å². The zero-order valence-corrected chi connectivity index (χ0v) is 17.4. The van der Waals surface area contributed by atoms with E-state index < -0.39 is 11.5 Å². The Morgan fingerprint density at radius 1 is 1.21 bits per heavy atom. The van der Waals surface area contributed by atoms with Gasteiger partial charge >= 0.3 is 5.97 Å². The molecule has 2 aromatic heterocycles. The highest BCUT2D eigenvalue weighted by atomic mass is 16.5. The fourth-order valence-corrected chi connectivity index (χ4v) is 3.25. The molecule has 2 atom stereocenters. The average molecular weight is 391 g/mol. The fraction of sp³-hybridized carbons (Fsp3) is 0.600. The van der Waals surface area contributed by atoms with Crippen LogP contribution in [-0.2, 0) is 16.1 Å². The quantitative estimate of drug-likeness (QED) is 0.642. The Kier molecular flexibility index (Phi) is 6.99. The molecular weight excluding hydrogens is 362 g/mol. The van der Waals surface area contributed by atoms with Gasteiger partial charge in [0.25, 0.3) is 5.56 Å². The fourth-order valence-electron chi connectivity index (χ4n) is 3.25. The summed E-state index contributed by atoms with van der Waals surface area (Å²) in [6, 6.07) is 0.113. The second-order valence-corrected chi connectivity index (χ2v) is 6.93. The van der Waals surface area contributed by atoms with Crippen LogP contribution in [0.5, 0.6) is 0 Å². The molecular formula is C20H29N3O5. The predicted octanol–water partition coefficient (Wildman–Crippen LogP) is 2.90.